The molecule has 4 atom stereocenters. The van der Waals surface area contributed by atoms with E-state index >= 15 is 0 Å². The number of amides is 1. The summed E-state index contributed by atoms with van der Waals surface area (Å²) in [5.41, 5.74) is 3.18. The number of aliphatic hydroxyl groups excluding tert-OH is 1. The van der Waals surface area contributed by atoms with E-state index in [0.717, 1.165) is 22.4 Å². The Labute approximate surface area is 221 Å². The summed E-state index contributed by atoms with van der Waals surface area (Å²) in [6, 6.07) is 25.2. The van der Waals surface area contributed by atoms with Gasteiger partial charge in [-0.25, -0.2) is 0 Å². The Morgan fingerprint density at radius 3 is 2.49 bits per heavy atom. The molecule has 3 aromatic carbocycles. The summed E-state index contributed by atoms with van der Waals surface area (Å²) in [6.07, 6.45) is -1.14. The highest BCUT2D eigenvalue weighted by Gasteiger charge is 2.32. The summed E-state index contributed by atoms with van der Waals surface area (Å²) in [6.45, 7) is 2.78. The van der Waals surface area contributed by atoms with Crippen molar-refractivity contribution in [3.05, 3.63) is 95.6 Å². The van der Waals surface area contributed by atoms with E-state index in [1.165, 1.54) is 18.7 Å². The maximum Gasteiger partial charge on any atom is 0.303 e. The average Bonchev–Trinajstić information content (AvgIpc) is 2.92. The first-order valence-corrected chi connectivity index (χ1v) is 13.2. The summed E-state index contributed by atoms with van der Waals surface area (Å²) >= 11 is 1.73. The van der Waals surface area contributed by atoms with E-state index in [-0.39, 0.29) is 18.8 Å². The third kappa shape index (κ3) is 7.66. The van der Waals surface area contributed by atoms with E-state index in [0.29, 0.717) is 12.1 Å². The van der Waals surface area contributed by atoms with Crippen molar-refractivity contribution < 1.29 is 28.9 Å². The van der Waals surface area contributed by atoms with Crippen LogP contribution in [0.5, 0.6) is 0 Å². The summed E-state index contributed by atoms with van der Waals surface area (Å²) < 4.78 is 17.8. The molecule has 0 radical (unpaired) electrons. The van der Waals surface area contributed by atoms with Gasteiger partial charge in [-0.3, -0.25) is 9.59 Å². The number of rotatable bonds is 9. The number of nitrogens with one attached hydrogen (secondary N) is 1. The van der Waals surface area contributed by atoms with Gasteiger partial charge in [-0.1, -0.05) is 54.6 Å². The van der Waals surface area contributed by atoms with Crippen LogP contribution in [0.4, 0.5) is 5.69 Å². The molecule has 0 bridgehead atoms. The third-order valence-electron chi connectivity index (χ3n) is 5.93. The normalized spacial score (nSPS) is 20.1. The smallest absolute Gasteiger partial charge is 0.303 e. The van der Waals surface area contributed by atoms with Gasteiger partial charge in [0.15, 0.2) is 12.4 Å². The molecule has 0 unspecified atom stereocenters. The fourth-order valence-electron chi connectivity index (χ4n) is 4.04. The molecule has 4 rings (SSSR count). The minimum atomic E-state index is -0.908. The van der Waals surface area contributed by atoms with E-state index in [2.05, 4.69) is 17.4 Å². The zero-order valence-electron chi connectivity index (χ0n) is 20.8. The van der Waals surface area contributed by atoms with Gasteiger partial charge in [0, 0.05) is 35.2 Å². The highest BCUT2D eigenvalue weighted by molar-refractivity contribution is 7.99. The van der Waals surface area contributed by atoms with Gasteiger partial charge in [-0.15, -0.1) is 11.8 Å². The maximum absolute atomic E-state index is 12.4. The molecule has 0 aliphatic carbocycles. The monoisotopic (exact) mass is 521 g/mol. The molecule has 3 aromatic rings. The number of hydrogen-bond donors (Lipinski definition) is 2. The molecule has 1 aliphatic heterocycles. The van der Waals surface area contributed by atoms with Crippen molar-refractivity contribution in [2.75, 3.05) is 11.1 Å². The zero-order chi connectivity index (χ0) is 26.2. The highest BCUT2D eigenvalue weighted by atomic mass is 32.2. The molecule has 1 aliphatic rings. The van der Waals surface area contributed by atoms with Crippen LogP contribution in [0.1, 0.15) is 49.4 Å². The van der Waals surface area contributed by atoms with E-state index in [9.17, 15) is 14.7 Å². The molecule has 1 saturated heterocycles. The molecule has 8 heteroatoms. The molecule has 7 nitrogen and oxygen atoms in total. The molecule has 0 spiro atoms. The summed E-state index contributed by atoms with van der Waals surface area (Å²) in [5.74, 6) is -0.180. The second-order valence-corrected chi connectivity index (χ2v) is 9.93. The number of anilines is 1. The molecule has 2 N–H and O–H groups in total. The molecule has 0 aromatic heterocycles. The predicted molar refractivity (Wildman–Crippen MR) is 142 cm³/mol. The van der Waals surface area contributed by atoms with Gasteiger partial charge in [0.1, 0.15) is 0 Å². The van der Waals surface area contributed by atoms with Gasteiger partial charge in [-0.2, -0.15) is 0 Å². The van der Waals surface area contributed by atoms with Crippen LogP contribution in [0.3, 0.4) is 0 Å². The van der Waals surface area contributed by atoms with Crippen molar-refractivity contribution in [3.63, 3.8) is 0 Å². The molecular formula is C29H31NO6S. The minimum Gasteiger partial charge on any atom is -0.453 e. The van der Waals surface area contributed by atoms with Gasteiger partial charge in [0.05, 0.1) is 18.8 Å². The van der Waals surface area contributed by atoms with Crippen molar-refractivity contribution >= 4 is 29.3 Å². The molecule has 1 amide bonds. The standard InChI is InChI=1S/C29H31NO6S/c1-19(34-20(2)32)28(33)30-24-8-6-7-23(15-24)29-35-25(18-37-26-9-4-3-5-10-26)16-27(36-29)22-13-11-21(17-31)12-14-22/h3-15,19,25,27,29,31H,16-18H2,1-2H3,(H,30,33)/t19-,25-,27+,29+/m0/s1. The number of carbonyl (C=O) groups is 2. The topological polar surface area (TPSA) is 94.1 Å². The molecule has 1 heterocycles. The van der Waals surface area contributed by atoms with Crippen LogP contribution in [0.2, 0.25) is 0 Å². The van der Waals surface area contributed by atoms with E-state index in [4.69, 9.17) is 14.2 Å². The number of carbonyl (C=O) groups excluding carboxylic acids is 2. The second kappa shape index (κ2) is 12.9. The van der Waals surface area contributed by atoms with Crippen LogP contribution >= 0.6 is 11.8 Å². The Balaban J connectivity index is 1.51. The Kier molecular flexibility index (Phi) is 9.35. The van der Waals surface area contributed by atoms with Gasteiger partial charge < -0.3 is 24.6 Å². The summed E-state index contributed by atoms with van der Waals surface area (Å²) in [4.78, 5) is 24.8. The largest absolute Gasteiger partial charge is 0.453 e. The number of hydrogen-bond acceptors (Lipinski definition) is 7. The first kappa shape index (κ1) is 26.9. The summed E-state index contributed by atoms with van der Waals surface area (Å²) in [5, 5.41) is 12.2. The van der Waals surface area contributed by atoms with Crippen LogP contribution in [-0.4, -0.2) is 34.9 Å². The minimum absolute atomic E-state index is 0.0114. The SMILES string of the molecule is CC(=O)O[C@@H](C)C(=O)Nc1cccc([C@@H]2O[C@H](CSc3ccccc3)C[C@H](c3ccc(CO)cc3)O2)c1. The number of benzene rings is 3. The van der Waals surface area contributed by atoms with Crippen molar-refractivity contribution in [1.82, 2.24) is 0 Å². The van der Waals surface area contributed by atoms with Gasteiger partial charge in [0.2, 0.25) is 0 Å². The first-order chi connectivity index (χ1) is 17.9. The first-order valence-electron chi connectivity index (χ1n) is 12.2. The van der Waals surface area contributed by atoms with Crippen LogP contribution < -0.4 is 5.32 Å². The lowest BCUT2D eigenvalue weighted by atomic mass is 10.0. The van der Waals surface area contributed by atoms with E-state index in [1.807, 2.05) is 60.7 Å². The van der Waals surface area contributed by atoms with Crippen LogP contribution in [0.25, 0.3) is 0 Å². The van der Waals surface area contributed by atoms with Crippen molar-refractivity contribution in [1.29, 1.82) is 0 Å². The third-order valence-corrected chi connectivity index (χ3v) is 7.08. The lowest BCUT2D eigenvalue weighted by Crippen LogP contribution is -2.31. The number of thioether (sulfide) groups is 1. The predicted octanol–water partition coefficient (Wildman–Crippen LogP) is 5.41. The fraction of sp³-hybridized carbons (Fsp3) is 0.310. The number of aliphatic hydroxyl groups is 1. The number of ether oxygens (including phenoxy) is 3. The second-order valence-electron chi connectivity index (χ2n) is 8.84. The van der Waals surface area contributed by atoms with E-state index in [1.54, 1.807) is 17.8 Å². The molecule has 1 fully saturated rings. The molecular weight excluding hydrogens is 490 g/mol. The molecule has 37 heavy (non-hydrogen) atoms. The van der Waals surface area contributed by atoms with Gasteiger partial charge >= 0.3 is 5.97 Å². The average molecular weight is 522 g/mol. The Bertz CT molecular complexity index is 1190. The summed E-state index contributed by atoms with van der Waals surface area (Å²) in [7, 11) is 0. The lowest BCUT2D eigenvalue weighted by molar-refractivity contribution is -0.245. The fourth-order valence-corrected chi connectivity index (χ4v) is 4.98. The van der Waals surface area contributed by atoms with Gasteiger partial charge in [-0.05, 0) is 42.3 Å². The Morgan fingerprint density at radius 1 is 1.03 bits per heavy atom. The quantitative estimate of drug-likeness (QED) is 0.287. The maximum atomic E-state index is 12.4. The molecule has 194 valence electrons. The Hall–Kier alpha value is -3.17. The Morgan fingerprint density at radius 2 is 1.78 bits per heavy atom. The molecule has 0 saturated carbocycles. The zero-order valence-corrected chi connectivity index (χ0v) is 21.6. The van der Waals surface area contributed by atoms with Crippen LogP contribution in [0, 0.1) is 0 Å². The van der Waals surface area contributed by atoms with Crippen LogP contribution in [-0.2, 0) is 30.4 Å². The lowest BCUT2D eigenvalue weighted by Gasteiger charge is -2.36. The van der Waals surface area contributed by atoms with Crippen molar-refractivity contribution in [2.24, 2.45) is 0 Å². The van der Waals surface area contributed by atoms with Crippen molar-refractivity contribution in [3.8, 4) is 0 Å². The van der Waals surface area contributed by atoms with Crippen molar-refractivity contribution in [2.45, 2.75) is 56.4 Å². The van der Waals surface area contributed by atoms with Gasteiger partial charge in [0.25, 0.3) is 5.91 Å². The highest BCUT2D eigenvalue weighted by Crippen LogP contribution is 2.39. The number of esters is 1. The van der Waals surface area contributed by atoms with E-state index < -0.39 is 24.3 Å². The van der Waals surface area contributed by atoms with Crippen LogP contribution in [0.15, 0.2) is 83.8 Å².